The largest absolute Gasteiger partial charge is 0.299 e. The number of sulfonamides is 1. The van der Waals surface area contributed by atoms with Crippen LogP contribution in [0.25, 0.3) is 0 Å². The Balaban J connectivity index is 1.56. The Labute approximate surface area is 194 Å². The summed E-state index contributed by atoms with van der Waals surface area (Å²) in [6, 6.07) is 22.7. The van der Waals surface area contributed by atoms with Crippen molar-refractivity contribution < 1.29 is 13.3 Å². The van der Waals surface area contributed by atoms with Crippen LogP contribution in [-0.2, 0) is 16.6 Å². The van der Waals surface area contributed by atoms with Gasteiger partial charge in [-0.3, -0.25) is 19.3 Å². The van der Waals surface area contributed by atoms with E-state index < -0.39 is 10.0 Å². The molecule has 1 aliphatic rings. The number of nitro groups is 1. The molecule has 0 aromatic heterocycles. The van der Waals surface area contributed by atoms with Gasteiger partial charge in [0.2, 0.25) is 0 Å². The monoisotopic (exact) mass is 465 g/mol. The second-order valence-corrected chi connectivity index (χ2v) is 10.2. The summed E-state index contributed by atoms with van der Waals surface area (Å²) in [7, 11) is -3.74. The highest BCUT2D eigenvalue weighted by Crippen LogP contribution is 2.31. The summed E-state index contributed by atoms with van der Waals surface area (Å²) in [5.74, 6) is 0. The number of para-hydroxylation sites is 1. The van der Waals surface area contributed by atoms with Crippen LogP contribution in [0.1, 0.15) is 24.0 Å². The van der Waals surface area contributed by atoms with Gasteiger partial charge in [0, 0.05) is 37.3 Å². The molecule has 4 rings (SSSR count). The van der Waals surface area contributed by atoms with Gasteiger partial charge >= 0.3 is 0 Å². The lowest BCUT2D eigenvalue weighted by Crippen LogP contribution is -2.47. The summed E-state index contributed by atoms with van der Waals surface area (Å²) in [5.41, 5.74) is 2.51. The fraction of sp³-hybridized carbons (Fsp3) is 0.280. The minimum absolute atomic E-state index is 0.118. The first kappa shape index (κ1) is 22.9. The third kappa shape index (κ3) is 5.07. The number of anilines is 1. The van der Waals surface area contributed by atoms with Gasteiger partial charge in [-0.2, -0.15) is 0 Å². The summed E-state index contributed by atoms with van der Waals surface area (Å²) in [5, 5.41) is 11.3. The van der Waals surface area contributed by atoms with Crippen molar-refractivity contribution in [2.45, 2.75) is 37.2 Å². The van der Waals surface area contributed by atoms with Crippen molar-refractivity contribution in [1.82, 2.24) is 4.90 Å². The quantitative estimate of drug-likeness (QED) is 0.371. The molecule has 3 aromatic rings. The third-order valence-corrected chi connectivity index (χ3v) is 7.95. The van der Waals surface area contributed by atoms with Gasteiger partial charge in [-0.25, -0.2) is 8.42 Å². The average Bonchev–Trinajstić information content (AvgIpc) is 2.82. The molecular weight excluding hydrogens is 438 g/mol. The predicted octanol–water partition coefficient (Wildman–Crippen LogP) is 4.76. The van der Waals surface area contributed by atoms with Crippen molar-refractivity contribution in [3.63, 3.8) is 0 Å². The minimum Gasteiger partial charge on any atom is -0.299 e. The first-order valence-corrected chi connectivity index (χ1v) is 12.4. The van der Waals surface area contributed by atoms with Gasteiger partial charge in [0.1, 0.15) is 0 Å². The summed E-state index contributed by atoms with van der Waals surface area (Å²) in [4.78, 5) is 13.4. The molecule has 3 aromatic carbocycles. The first-order chi connectivity index (χ1) is 15.9. The first-order valence-electron chi connectivity index (χ1n) is 11.0. The normalized spacial score (nSPS) is 15.3. The van der Waals surface area contributed by atoms with Crippen molar-refractivity contribution in [2.24, 2.45) is 0 Å². The van der Waals surface area contributed by atoms with E-state index in [0.717, 1.165) is 5.56 Å². The van der Waals surface area contributed by atoms with Gasteiger partial charge in [-0.05, 0) is 44.0 Å². The van der Waals surface area contributed by atoms with Gasteiger partial charge in [-0.15, -0.1) is 0 Å². The molecule has 1 saturated heterocycles. The van der Waals surface area contributed by atoms with Gasteiger partial charge in [0.15, 0.2) is 0 Å². The second kappa shape index (κ2) is 9.72. The Kier molecular flexibility index (Phi) is 6.76. The Hall–Kier alpha value is -3.23. The van der Waals surface area contributed by atoms with Gasteiger partial charge in [0.25, 0.3) is 15.7 Å². The van der Waals surface area contributed by atoms with Crippen LogP contribution >= 0.6 is 0 Å². The van der Waals surface area contributed by atoms with E-state index in [0.29, 0.717) is 43.7 Å². The molecule has 1 heterocycles. The molecule has 33 heavy (non-hydrogen) atoms. The highest BCUT2D eigenvalue weighted by molar-refractivity contribution is 7.92. The summed E-state index contributed by atoms with van der Waals surface area (Å²) in [6.45, 7) is 3.76. The minimum atomic E-state index is -3.74. The van der Waals surface area contributed by atoms with Crippen LogP contribution in [0.5, 0.6) is 0 Å². The number of hydrogen-bond donors (Lipinski definition) is 0. The zero-order chi connectivity index (χ0) is 23.4. The van der Waals surface area contributed by atoms with Crippen molar-refractivity contribution in [2.75, 3.05) is 17.4 Å². The van der Waals surface area contributed by atoms with Crippen LogP contribution in [0.4, 0.5) is 11.4 Å². The maximum absolute atomic E-state index is 13.6. The Morgan fingerprint density at radius 1 is 0.939 bits per heavy atom. The molecule has 0 unspecified atom stereocenters. The van der Waals surface area contributed by atoms with Crippen molar-refractivity contribution in [3.05, 3.63) is 100 Å². The molecule has 0 radical (unpaired) electrons. The van der Waals surface area contributed by atoms with Gasteiger partial charge in [0.05, 0.1) is 15.5 Å². The van der Waals surface area contributed by atoms with Gasteiger partial charge in [-0.1, -0.05) is 54.1 Å². The zero-order valence-electron chi connectivity index (χ0n) is 18.5. The fourth-order valence-electron chi connectivity index (χ4n) is 4.32. The number of piperidine rings is 1. The van der Waals surface area contributed by atoms with Crippen LogP contribution < -0.4 is 4.31 Å². The molecule has 8 heteroatoms. The SMILES string of the molecule is Cc1ccc(N(C2CCN(Cc3ccccc3[N+](=O)[O-])CC2)S(=O)(=O)c2ccccc2)cc1. The summed E-state index contributed by atoms with van der Waals surface area (Å²) in [6.07, 6.45) is 1.28. The Morgan fingerprint density at radius 3 is 2.18 bits per heavy atom. The van der Waals surface area contributed by atoms with Crippen molar-refractivity contribution in [3.8, 4) is 0 Å². The lowest BCUT2D eigenvalue weighted by Gasteiger charge is -2.39. The lowest BCUT2D eigenvalue weighted by molar-refractivity contribution is -0.385. The number of rotatable bonds is 7. The van der Waals surface area contributed by atoms with Crippen LogP contribution in [0.2, 0.25) is 0 Å². The molecule has 0 atom stereocenters. The molecule has 1 aliphatic heterocycles. The molecule has 7 nitrogen and oxygen atoms in total. The van der Waals surface area contributed by atoms with E-state index in [2.05, 4.69) is 4.90 Å². The molecular formula is C25H27N3O4S. The number of hydrogen-bond acceptors (Lipinski definition) is 5. The maximum Gasteiger partial charge on any atom is 0.273 e. The van der Waals surface area contributed by atoms with E-state index in [-0.39, 0.29) is 21.5 Å². The highest BCUT2D eigenvalue weighted by atomic mass is 32.2. The third-order valence-electron chi connectivity index (χ3n) is 6.06. The van der Waals surface area contributed by atoms with E-state index in [1.807, 2.05) is 31.2 Å². The number of nitro benzene ring substituents is 1. The smallest absolute Gasteiger partial charge is 0.273 e. The van der Waals surface area contributed by atoms with E-state index in [1.54, 1.807) is 52.8 Å². The number of benzene rings is 3. The molecule has 172 valence electrons. The van der Waals surface area contributed by atoms with Crippen molar-refractivity contribution in [1.29, 1.82) is 0 Å². The zero-order valence-corrected chi connectivity index (χ0v) is 19.3. The highest BCUT2D eigenvalue weighted by Gasteiger charge is 2.34. The van der Waals surface area contributed by atoms with E-state index in [1.165, 1.54) is 6.07 Å². The van der Waals surface area contributed by atoms with Crippen molar-refractivity contribution >= 4 is 21.4 Å². The van der Waals surface area contributed by atoms with E-state index >= 15 is 0 Å². The predicted molar refractivity (Wildman–Crippen MR) is 129 cm³/mol. The second-order valence-electron chi connectivity index (χ2n) is 8.34. The molecule has 0 spiro atoms. The number of nitrogens with zero attached hydrogens (tertiary/aromatic N) is 3. The average molecular weight is 466 g/mol. The molecule has 0 bridgehead atoms. The number of aryl methyl sites for hydroxylation is 1. The summed E-state index contributed by atoms with van der Waals surface area (Å²) < 4.78 is 28.9. The van der Waals surface area contributed by atoms with E-state index in [4.69, 9.17) is 0 Å². The molecule has 0 aliphatic carbocycles. The topological polar surface area (TPSA) is 83.8 Å². The van der Waals surface area contributed by atoms with E-state index in [9.17, 15) is 18.5 Å². The maximum atomic E-state index is 13.6. The fourth-order valence-corrected chi connectivity index (χ4v) is 6.05. The van der Waals surface area contributed by atoms with Crippen LogP contribution in [0.3, 0.4) is 0 Å². The Bertz CT molecular complexity index is 1210. The lowest BCUT2D eigenvalue weighted by atomic mass is 10.0. The Morgan fingerprint density at radius 2 is 1.55 bits per heavy atom. The van der Waals surface area contributed by atoms with Crippen LogP contribution in [0, 0.1) is 17.0 Å². The van der Waals surface area contributed by atoms with Crippen LogP contribution in [-0.4, -0.2) is 37.4 Å². The standard InChI is InChI=1S/C25H27N3O4S/c1-20-11-13-22(14-12-20)27(33(31,32)24-8-3-2-4-9-24)23-15-17-26(18-16-23)19-21-7-5-6-10-25(21)28(29)30/h2-14,23H,15-19H2,1H3. The molecule has 0 amide bonds. The molecule has 0 saturated carbocycles. The van der Waals surface area contributed by atoms with Crippen LogP contribution in [0.15, 0.2) is 83.8 Å². The van der Waals surface area contributed by atoms with Gasteiger partial charge < -0.3 is 0 Å². The molecule has 1 fully saturated rings. The summed E-state index contributed by atoms with van der Waals surface area (Å²) >= 11 is 0. The molecule has 0 N–H and O–H groups in total. The number of likely N-dealkylation sites (tertiary alicyclic amines) is 1.